The number of rotatable bonds is 2. The largest absolute Gasteiger partial charge is 0.481 e. The van der Waals surface area contributed by atoms with Gasteiger partial charge in [-0.25, -0.2) is 9.97 Å². The predicted octanol–water partition coefficient (Wildman–Crippen LogP) is 8.39. The first-order valence-electron chi connectivity index (χ1n) is 15.9. The molecule has 0 amide bonds. The second kappa shape index (κ2) is 8.19. The second-order valence-corrected chi connectivity index (χ2v) is 16.1. The third-order valence-corrected chi connectivity index (χ3v) is 14.4. The van der Waals surface area contributed by atoms with Crippen molar-refractivity contribution < 1.29 is 9.90 Å². The quantitative estimate of drug-likeness (QED) is 0.389. The fourth-order valence-electron chi connectivity index (χ4n) is 12.5. The molecule has 0 saturated heterocycles. The molecule has 0 radical (unpaired) electrons. The smallest absolute Gasteiger partial charge is 0.309 e. The molecule has 1 heterocycles. The van der Waals surface area contributed by atoms with E-state index in [1.54, 1.807) is 0 Å². The number of benzene rings is 1. The molecule has 7 rings (SSSR count). The number of carboxylic acid groups (broad SMARTS) is 1. The Morgan fingerprint density at radius 3 is 2.25 bits per heavy atom. The fourth-order valence-corrected chi connectivity index (χ4v) is 12.5. The molecule has 4 nitrogen and oxygen atoms in total. The van der Waals surface area contributed by atoms with Gasteiger partial charge >= 0.3 is 5.97 Å². The van der Waals surface area contributed by atoms with Gasteiger partial charge in [0.15, 0.2) is 0 Å². The summed E-state index contributed by atoms with van der Waals surface area (Å²) in [6.07, 6.45) is 9.50. The van der Waals surface area contributed by atoms with Gasteiger partial charge in [0.25, 0.3) is 0 Å². The number of fused-ring (bicyclic) bond motifs is 9. The molecule has 5 aliphatic carbocycles. The number of nitrogens with zero attached hydrogens (tertiary/aromatic N) is 2. The number of aliphatic carboxylic acids is 1. The van der Waals surface area contributed by atoms with Crippen LogP contribution in [0.4, 0.5) is 0 Å². The van der Waals surface area contributed by atoms with Gasteiger partial charge in [0.05, 0.1) is 27.8 Å². The van der Waals surface area contributed by atoms with Gasteiger partial charge in [0.2, 0.25) is 0 Å². The molecular formula is C36H48N2O2. The van der Waals surface area contributed by atoms with E-state index in [0.717, 1.165) is 49.6 Å². The molecule has 0 spiro atoms. The van der Waals surface area contributed by atoms with Crippen LogP contribution in [0.1, 0.15) is 104 Å². The first kappa shape index (κ1) is 26.7. The third-order valence-electron chi connectivity index (χ3n) is 14.4. The van der Waals surface area contributed by atoms with E-state index in [9.17, 15) is 9.90 Å². The summed E-state index contributed by atoms with van der Waals surface area (Å²) >= 11 is 0. The zero-order chi connectivity index (χ0) is 28.5. The Labute approximate surface area is 240 Å². The van der Waals surface area contributed by atoms with Crippen molar-refractivity contribution in [1.82, 2.24) is 9.97 Å². The average Bonchev–Trinajstić information content (AvgIpc) is 3.30. The minimum absolute atomic E-state index is 0.0278. The van der Waals surface area contributed by atoms with Crippen molar-refractivity contribution in [2.45, 2.75) is 105 Å². The third kappa shape index (κ3) is 3.07. The van der Waals surface area contributed by atoms with E-state index >= 15 is 0 Å². The summed E-state index contributed by atoms with van der Waals surface area (Å²) < 4.78 is 0. The molecule has 4 saturated carbocycles. The van der Waals surface area contributed by atoms with E-state index in [1.165, 1.54) is 36.2 Å². The number of carbonyl (C=O) groups is 1. The number of para-hydroxylation sites is 2. The molecule has 5 aliphatic rings. The van der Waals surface area contributed by atoms with Crippen LogP contribution in [-0.4, -0.2) is 21.0 Å². The lowest BCUT2D eigenvalue weighted by atomic mass is 9.32. The molecular weight excluding hydrogens is 492 g/mol. The maximum atomic E-state index is 12.9. The molecule has 40 heavy (non-hydrogen) atoms. The monoisotopic (exact) mass is 540 g/mol. The Balaban J connectivity index is 1.32. The van der Waals surface area contributed by atoms with E-state index in [1.807, 2.05) is 0 Å². The lowest BCUT2D eigenvalue weighted by Crippen LogP contribution is -2.67. The SMILES string of the molecule is C=C(C)[C@@H]1CC[C@]2(C(=O)O)CC[C@]3(C)[C@H](CC[C@@H]4[C@@]5(C)Cc6nc7ccccc7nc6C(C)(C)[C@@H]5CC[C@]43C)[C@@H]12. The van der Waals surface area contributed by atoms with Gasteiger partial charge < -0.3 is 5.11 Å². The highest BCUT2D eigenvalue weighted by atomic mass is 16.4. The van der Waals surface area contributed by atoms with Crippen LogP contribution in [0.15, 0.2) is 36.4 Å². The van der Waals surface area contributed by atoms with E-state index in [0.29, 0.717) is 23.7 Å². The van der Waals surface area contributed by atoms with E-state index < -0.39 is 11.4 Å². The van der Waals surface area contributed by atoms with E-state index in [2.05, 4.69) is 72.4 Å². The number of hydrogen-bond acceptors (Lipinski definition) is 3. The van der Waals surface area contributed by atoms with Crippen molar-refractivity contribution >= 4 is 17.0 Å². The molecule has 2 aromatic rings. The van der Waals surface area contributed by atoms with Crippen molar-refractivity contribution in [3.8, 4) is 0 Å². The molecule has 0 aliphatic heterocycles. The van der Waals surface area contributed by atoms with Gasteiger partial charge in [0.1, 0.15) is 0 Å². The Morgan fingerprint density at radius 2 is 1.57 bits per heavy atom. The topological polar surface area (TPSA) is 63.1 Å². The maximum absolute atomic E-state index is 12.9. The van der Waals surface area contributed by atoms with Gasteiger partial charge in [-0.2, -0.15) is 0 Å². The van der Waals surface area contributed by atoms with Crippen LogP contribution in [0.2, 0.25) is 0 Å². The molecule has 0 unspecified atom stereocenters. The number of allylic oxidation sites excluding steroid dienone is 1. The molecule has 4 fully saturated rings. The highest BCUT2D eigenvalue weighted by Gasteiger charge is 2.72. The molecule has 4 heteroatoms. The summed E-state index contributed by atoms with van der Waals surface area (Å²) in [6, 6.07) is 8.36. The van der Waals surface area contributed by atoms with Crippen molar-refractivity contribution in [2.24, 2.45) is 51.2 Å². The van der Waals surface area contributed by atoms with Crippen LogP contribution in [0, 0.1) is 51.2 Å². The highest BCUT2D eigenvalue weighted by molar-refractivity contribution is 5.76. The normalized spacial score (nSPS) is 45.0. The second-order valence-electron chi connectivity index (χ2n) is 16.1. The van der Waals surface area contributed by atoms with Crippen molar-refractivity contribution in [2.75, 3.05) is 0 Å². The lowest BCUT2D eigenvalue weighted by molar-refractivity contribution is -0.228. The van der Waals surface area contributed by atoms with Crippen LogP contribution in [0.25, 0.3) is 11.0 Å². The van der Waals surface area contributed by atoms with Gasteiger partial charge in [-0.3, -0.25) is 4.79 Å². The van der Waals surface area contributed by atoms with Gasteiger partial charge in [0, 0.05) is 5.41 Å². The van der Waals surface area contributed by atoms with Crippen LogP contribution < -0.4 is 0 Å². The summed E-state index contributed by atoms with van der Waals surface area (Å²) in [4.78, 5) is 23.5. The molecule has 1 N–H and O–H groups in total. The predicted molar refractivity (Wildman–Crippen MR) is 160 cm³/mol. The molecule has 9 atom stereocenters. The Hall–Kier alpha value is -2.23. The summed E-state index contributed by atoms with van der Waals surface area (Å²) in [5.41, 5.74) is 5.56. The van der Waals surface area contributed by atoms with Crippen LogP contribution in [0.5, 0.6) is 0 Å². The lowest BCUT2D eigenvalue weighted by Gasteiger charge is -2.72. The summed E-state index contributed by atoms with van der Waals surface area (Å²) in [5.74, 6) is 1.65. The molecule has 1 aromatic heterocycles. The van der Waals surface area contributed by atoms with Gasteiger partial charge in [-0.1, -0.05) is 58.9 Å². The number of carboxylic acids is 1. The van der Waals surface area contributed by atoms with Crippen molar-refractivity contribution in [3.05, 3.63) is 47.8 Å². The first-order valence-corrected chi connectivity index (χ1v) is 15.9. The molecule has 214 valence electrons. The highest BCUT2D eigenvalue weighted by Crippen LogP contribution is 2.77. The Kier molecular flexibility index (Phi) is 5.46. The summed E-state index contributed by atoms with van der Waals surface area (Å²) in [5, 5.41) is 10.6. The molecule has 1 aromatic carbocycles. The van der Waals surface area contributed by atoms with Crippen LogP contribution >= 0.6 is 0 Å². The molecule has 0 bridgehead atoms. The zero-order valence-electron chi connectivity index (χ0n) is 25.5. The summed E-state index contributed by atoms with van der Waals surface area (Å²) in [7, 11) is 0. The maximum Gasteiger partial charge on any atom is 0.309 e. The van der Waals surface area contributed by atoms with Crippen LogP contribution in [-0.2, 0) is 16.6 Å². The Bertz CT molecular complexity index is 1430. The van der Waals surface area contributed by atoms with E-state index in [-0.39, 0.29) is 27.6 Å². The zero-order valence-corrected chi connectivity index (χ0v) is 25.5. The standard InChI is InChI=1S/C36H48N2O2/c1-21(2)22-14-17-36(31(39)40)19-18-34(6)23(29(22)36)12-13-28-33(5)20-26-30(38-25-11-9-8-10-24(25)37-26)32(3,4)27(33)15-16-35(28,34)7/h8-11,22-23,27-29H,1,12-20H2,2-7H3,(H,39,40)/t22-,23+,27-,28+,29+,33-,34+,35+,36-/m0/s1. The van der Waals surface area contributed by atoms with Gasteiger partial charge in [-0.15, -0.1) is 0 Å². The minimum Gasteiger partial charge on any atom is -0.481 e. The summed E-state index contributed by atoms with van der Waals surface area (Å²) in [6.45, 7) is 19.2. The number of aromatic nitrogens is 2. The van der Waals surface area contributed by atoms with Crippen molar-refractivity contribution in [1.29, 1.82) is 0 Å². The Morgan fingerprint density at radius 1 is 0.875 bits per heavy atom. The van der Waals surface area contributed by atoms with Gasteiger partial charge in [-0.05, 0) is 123 Å². The van der Waals surface area contributed by atoms with Crippen molar-refractivity contribution in [3.63, 3.8) is 0 Å². The number of hydrogen-bond donors (Lipinski definition) is 1. The minimum atomic E-state index is -0.555. The fraction of sp³-hybridized carbons (Fsp3) is 0.694. The first-order chi connectivity index (χ1) is 18.8. The van der Waals surface area contributed by atoms with Crippen LogP contribution in [0.3, 0.4) is 0 Å². The average molecular weight is 541 g/mol. The van der Waals surface area contributed by atoms with E-state index in [4.69, 9.17) is 9.97 Å².